The van der Waals surface area contributed by atoms with Gasteiger partial charge in [0.2, 0.25) is 0 Å². The van der Waals surface area contributed by atoms with Gasteiger partial charge in [-0.25, -0.2) is 4.39 Å². The molecule has 0 amide bonds. The first-order valence-corrected chi connectivity index (χ1v) is 4.46. The second kappa shape index (κ2) is 4.98. The quantitative estimate of drug-likeness (QED) is 0.841. The summed E-state index contributed by atoms with van der Waals surface area (Å²) < 4.78 is 18.3. The normalized spacial score (nSPS) is 10.9. The maximum atomic E-state index is 13.4. The predicted molar refractivity (Wildman–Crippen MR) is 56.1 cm³/mol. The minimum Gasteiger partial charge on any atom is -0.497 e. The van der Waals surface area contributed by atoms with Crippen LogP contribution in [0.25, 0.3) is 6.08 Å². The van der Waals surface area contributed by atoms with Crippen LogP contribution in [0.5, 0.6) is 5.75 Å². The summed E-state index contributed by atoms with van der Waals surface area (Å²) in [5, 5.41) is 0.0426. The summed E-state index contributed by atoms with van der Waals surface area (Å²) in [6, 6.07) is 2.99. The van der Waals surface area contributed by atoms with Crippen LogP contribution in [0, 0.1) is 5.82 Å². The lowest BCUT2D eigenvalue weighted by Crippen LogP contribution is -1.93. The molecule has 0 aromatic heterocycles. The number of ether oxygens (including phenoxy) is 1. The SMILES string of the molecule is COc1cc(Cl)c(F)c(/C=C/CN)c1. The van der Waals surface area contributed by atoms with Crippen molar-refractivity contribution in [2.24, 2.45) is 5.73 Å². The molecule has 0 fully saturated rings. The molecule has 0 unspecified atom stereocenters. The van der Waals surface area contributed by atoms with Gasteiger partial charge < -0.3 is 10.5 Å². The van der Waals surface area contributed by atoms with E-state index in [1.54, 1.807) is 18.2 Å². The molecular formula is C10H11ClFNO. The second-order valence-electron chi connectivity index (χ2n) is 2.65. The molecule has 0 heterocycles. The maximum Gasteiger partial charge on any atom is 0.149 e. The van der Waals surface area contributed by atoms with Crippen LogP contribution < -0.4 is 10.5 Å². The van der Waals surface area contributed by atoms with E-state index < -0.39 is 5.82 Å². The number of methoxy groups -OCH3 is 1. The van der Waals surface area contributed by atoms with Gasteiger partial charge in [0.15, 0.2) is 0 Å². The molecule has 0 aliphatic heterocycles. The Morgan fingerprint density at radius 1 is 1.57 bits per heavy atom. The van der Waals surface area contributed by atoms with Gasteiger partial charge in [-0.15, -0.1) is 0 Å². The van der Waals surface area contributed by atoms with Gasteiger partial charge in [-0.3, -0.25) is 0 Å². The lowest BCUT2D eigenvalue weighted by atomic mass is 10.2. The molecule has 0 saturated carbocycles. The van der Waals surface area contributed by atoms with Crippen LogP contribution in [-0.4, -0.2) is 13.7 Å². The smallest absolute Gasteiger partial charge is 0.149 e. The fourth-order valence-electron chi connectivity index (χ4n) is 1.02. The molecule has 0 aliphatic rings. The molecule has 76 valence electrons. The van der Waals surface area contributed by atoms with E-state index in [0.717, 1.165) is 0 Å². The molecule has 2 nitrogen and oxygen atoms in total. The van der Waals surface area contributed by atoms with Crippen molar-refractivity contribution in [3.05, 3.63) is 34.6 Å². The third-order valence-corrected chi connectivity index (χ3v) is 1.97. The molecule has 0 atom stereocenters. The van der Waals surface area contributed by atoms with Crippen LogP contribution in [0.15, 0.2) is 18.2 Å². The van der Waals surface area contributed by atoms with Crippen molar-refractivity contribution in [2.45, 2.75) is 0 Å². The van der Waals surface area contributed by atoms with E-state index in [1.807, 2.05) is 0 Å². The zero-order chi connectivity index (χ0) is 10.6. The largest absolute Gasteiger partial charge is 0.497 e. The van der Waals surface area contributed by atoms with Crippen LogP contribution in [0.1, 0.15) is 5.56 Å². The fraction of sp³-hybridized carbons (Fsp3) is 0.200. The van der Waals surface area contributed by atoms with Crippen molar-refractivity contribution >= 4 is 17.7 Å². The number of hydrogen-bond acceptors (Lipinski definition) is 2. The molecule has 0 radical (unpaired) electrons. The second-order valence-corrected chi connectivity index (χ2v) is 3.06. The van der Waals surface area contributed by atoms with Crippen LogP contribution in [-0.2, 0) is 0 Å². The molecule has 0 spiro atoms. The zero-order valence-electron chi connectivity index (χ0n) is 7.76. The van der Waals surface area contributed by atoms with E-state index in [0.29, 0.717) is 17.9 Å². The van der Waals surface area contributed by atoms with Crippen molar-refractivity contribution < 1.29 is 9.13 Å². The van der Waals surface area contributed by atoms with E-state index in [-0.39, 0.29) is 5.02 Å². The van der Waals surface area contributed by atoms with Crippen molar-refractivity contribution in [2.75, 3.05) is 13.7 Å². The fourth-order valence-corrected chi connectivity index (χ4v) is 1.24. The molecule has 1 aromatic carbocycles. The molecule has 0 aliphatic carbocycles. The van der Waals surface area contributed by atoms with Crippen LogP contribution >= 0.6 is 11.6 Å². The third kappa shape index (κ3) is 2.47. The molecule has 1 rings (SSSR count). The molecule has 0 saturated heterocycles. The molecule has 14 heavy (non-hydrogen) atoms. The number of hydrogen-bond donors (Lipinski definition) is 1. The molecular weight excluding hydrogens is 205 g/mol. The monoisotopic (exact) mass is 215 g/mol. The summed E-state index contributed by atoms with van der Waals surface area (Å²) in [6.45, 7) is 0.355. The van der Waals surface area contributed by atoms with Gasteiger partial charge in [0.25, 0.3) is 0 Å². The van der Waals surface area contributed by atoms with Gasteiger partial charge in [0.1, 0.15) is 11.6 Å². The van der Waals surface area contributed by atoms with Crippen LogP contribution in [0.4, 0.5) is 4.39 Å². The Morgan fingerprint density at radius 3 is 2.86 bits per heavy atom. The van der Waals surface area contributed by atoms with Gasteiger partial charge in [0.05, 0.1) is 12.1 Å². The minimum atomic E-state index is -0.461. The Labute approximate surface area is 87.1 Å². The van der Waals surface area contributed by atoms with Crippen molar-refractivity contribution in [1.29, 1.82) is 0 Å². The van der Waals surface area contributed by atoms with E-state index in [9.17, 15) is 4.39 Å². The first-order chi connectivity index (χ1) is 6.69. The van der Waals surface area contributed by atoms with E-state index in [1.165, 1.54) is 13.2 Å². The van der Waals surface area contributed by atoms with Crippen molar-refractivity contribution in [3.63, 3.8) is 0 Å². The number of rotatable bonds is 3. The summed E-state index contributed by atoms with van der Waals surface area (Å²) >= 11 is 5.66. The van der Waals surface area contributed by atoms with E-state index in [4.69, 9.17) is 22.1 Å². The first kappa shape index (κ1) is 11.0. The molecule has 4 heteroatoms. The summed E-state index contributed by atoms with van der Waals surface area (Å²) in [4.78, 5) is 0. The number of nitrogens with two attached hydrogens (primary N) is 1. The zero-order valence-corrected chi connectivity index (χ0v) is 8.51. The predicted octanol–water partition coefficient (Wildman–Crippen LogP) is 2.46. The Morgan fingerprint density at radius 2 is 2.29 bits per heavy atom. The summed E-state index contributed by atoms with van der Waals surface area (Å²) in [7, 11) is 1.50. The average molecular weight is 216 g/mol. The first-order valence-electron chi connectivity index (χ1n) is 4.08. The number of halogens is 2. The summed E-state index contributed by atoms with van der Waals surface area (Å²) in [6.07, 6.45) is 3.22. The highest BCUT2D eigenvalue weighted by Crippen LogP contribution is 2.25. The van der Waals surface area contributed by atoms with Gasteiger partial charge >= 0.3 is 0 Å². The van der Waals surface area contributed by atoms with Gasteiger partial charge in [-0.1, -0.05) is 23.8 Å². The number of benzene rings is 1. The standard InChI is InChI=1S/C10H11ClFNO/c1-14-8-5-7(3-2-4-13)10(12)9(11)6-8/h2-3,5-6H,4,13H2,1H3/b3-2+. The molecule has 1 aromatic rings. The van der Waals surface area contributed by atoms with Gasteiger partial charge in [-0.05, 0) is 6.07 Å². The topological polar surface area (TPSA) is 35.2 Å². The Bertz CT molecular complexity index is 352. The van der Waals surface area contributed by atoms with Crippen LogP contribution in [0.3, 0.4) is 0 Å². The highest BCUT2D eigenvalue weighted by Gasteiger charge is 2.06. The summed E-state index contributed by atoms with van der Waals surface area (Å²) in [5.41, 5.74) is 5.64. The van der Waals surface area contributed by atoms with Crippen molar-refractivity contribution in [1.82, 2.24) is 0 Å². The maximum absolute atomic E-state index is 13.4. The minimum absolute atomic E-state index is 0.0426. The molecule has 2 N–H and O–H groups in total. The van der Waals surface area contributed by atoms with Crippen LogP contribution in [0.2, 0.25) is 5.02 Å². The third-order valence-electron chi connectivity index (χ3n) is 1.70. The van der Waals surface area contributed by atoms with E-state index >= 15 is 0 Å². The molecule has 0 bridgehead atoms. The Kier molecular flexibility index (Phi) is 3.92. The van der Waals surface area contributed by atoms with Gasteiger partial charge in [-0.2, -0.15) is 0 Å². The lowest BCUT2D eigenvalue weighted by molar-refractivity contribution is 0.413. The van der Waals surface area contributed by atoms with Gasteiger partial charge in [0, 0.05) is 18.2 Å². The lowest BCUT2D eigenvalue weighted by Gasteiger charge is -2.04. The van der Waals surface area contributed by atoms with E-state index in [2.05, 4.69) is 0 Å². The van der Waals surface area contributed by atoms with Crippen molar-refractivity contribution in [3.8, 4) is 5.75 Å². The Hall–Kier alpha value is -1.06. The average Bonchev–Trinajstić information content (AvgIpc) is 2.20. The highest BCUT2D eigenvalue weighted by atomic mass is 35.5. The highest BCUT2D eigenvalue weighted by molar-refractivity contribution is 6.31. The summed E-state index contributed by atoms with van der Waals surface area (Å²) in [5.74, 6) is 0.0604. The Balaban J connectivity index is 3.13.